The van der Waals surface area contributed by atoms with Gasteiger partial charge in [0.15, 0.2) is 0 Å². The molecule has 4 aromatic rings. The fraction of sp³-hybridized carbons (Fsp3) is 0.286. The number of amides is 2. The molecular weight excluding hydrogens is 438 g/mol. The SMILES string of the molecule is Cc1nc2cnccc2n1CC1CCN(C(=O)CN(C(=O)c2ccccc2)c2ccccc2)CC1. The van der Waals surface area contributed by atoms with Crippen molar-refractivity contribution in [3.63, 3.8) is 0 Å². The molecule has 1 aliphatic heterocycles. The largest absolute Gasteiger partial charge is 0.341 e. The van der Waals surface area contributed by atoms with Crippen molar-refractivity contribution in [3.05, 3.63) is 90.5 Å². The van der Waals surface area contributed by atoms with Crippen LogP contribution in [0.25, 0.3) is 11.0 Å². The van der Waals surface area contributed by atoms with Crippen molar-refractivity contribution < 1.29 is 9.59 Å². The summed E-state index contributed by atoms with van der Waals surface area (Å²) in [4.78, 5) is 38.8. The molecule has 0 radical (unpaired) electrons. The van der Waals surface area contributed by atoms with E-state index < -0.39 is 0 Å². The highest BCUT2D eigenvalue weighted by atomic mass is 16.2. The lowest BCUT2D eigenvalue weighted by Crippen LogP contribution is -2.46. The molecule has 1 aliphatic rings. The monoisotopic (exact) mass is 467 g/mol. The lowest BCUT2D eigenvalue weighted by atomic mass is 9.96. The number of carbonyl (C=O) groups excluding carboxylic acids is 2. The summed E-state index contributed by atoms with van der Waals surface area (Å²) in [5.41, 5.74) is 3.32. The first-order valence-corrected chi connectivity index (χ1v) is 12.1. The molecule has 35 heavy (non-hydrogen) atoms. The molecule has 0 spiro atoms. The topological polar surface area (TPSA) is 71.3 Å². The molecule has 178 valence electrons. The number of para-hydroxylation sites is 1. The van der Waals surface area contributed by atoms with Crippen molar-refractivity contribution in [1.29, 1.82) is 0 Å². The fourth-order valence-corrected chi connectivity index (χ4v) is 4.82. The van der Waals surface area contributed by atoms with E-state index >= 15 is 0 Å². The first kappa shape index (κ1) is 22.8. The Balaban J connectivity index is 1.25. The van der Waals surface area contributed by atoms with E-state index in [1.165, 1.54) is 0 Å². The second kappa shape index (κ2) is 10.1. The van der Waals surface area contributed by atoms with Gasteiger partial charge in [0, 0.05) is 37.1 Å². The van der Waals surface area contributed by atoms with Crippen LogP contribution in [0.4, 0.5) is 5.69 Å². The lowest BCUT2D eigenvalue weighted by molar-refractivity contribution is -0.131. The number of carbonyl (C=O) groups is 2. The van der Waals surface area contributed by atoms with E-state index in [1.54, 1.807) is 29.4 Å². The van der Waals surface area contributed by atoms with Crippen LogP contribution in [0.2, 0.25) is 0 Å². The Hall–Kier alpha value is -4.00. The molecule has 0 bridgehead atoms. The van der Waals surface area contributed by atoms with E-state index in [9.17, 15) is 9.59 Å². The third kappa shape index (κ3) is 4.94. The number of aryl methyl sites for hydroxylation is 1. The molecule has 2 amide bonds. The van der Waals surface area contributed by atoms with Gasteiger partial charge in [0.25, 0.3) is 5.91 Å². The van der Waals surface area contributed by atoms with Gasteiger partial charge >= 0.3 is 0 Å². The maximum atomic E-state index is 13.3. The second-order valence-corrected chi connectivity index (χ2v) is 9.05. The number of aromatic nitrogens is 3. The van der Waals surface area contributed by atoms with Crippen LogP contribution >= 0.6 is 0 Å². The van der Waals surface area contributed by atoms with Gasteiger partial charge in [-0.25, -0.2) is 4.98 Å². The first-order chi connectivity index (χ1) is 17.1. The number of fused-ring (bicyclic) bond motifs is 1. The van der Waals surface area contributed by atoms with Crippen LogP contribution in [0.5, 0.6) is 0 Å². The zero-order valence-electron chi connectivity index (χ0n) is 19.9. The summed E-state index contributed by atoms with van der Waals surface area (Å²) >= 11 is 0. The van der Waals surface area contributed by atoms with Gasteiger partial charge in [0.1, 0.15) is 17.9 Å². The van der Waals surface area contributed by atoms with E-state index in [2.05, 4.69) is 14.5 Å². The summed E-state index contributed by atoms with van der Waals surface area (Å²) < 4.78 is 2.26. The van der Waals surface area contributed by atoms with Crippen molar-refractivity contribution >= 4 is 28.5 Å². The van der Waals surface area contributed by atoms with E-state index in [0.717, 1.165) is 41.9 Å². The van der Waals surface area contributed by atoms with Gasteiger partial charge in [-0.05, 0) is 56.0 Å². The maximum absolute atomic E-state index is 13.3. The quantitative estimate of drug-likeness (QED) is 0.423. The van der Waals surface area contributed by atoms with Crippen LogP contribution < -0.4 is 4.90 Å². The maximum Gasteiger partial charge on any atom is 0.258 e. The van der Waals surface area contributed by atoms with Crippen molar-refractivity contribution in [2.45, 2.75) is 26.3 Å². The van der Waals surface area contributed by atoms with Gasteiger partial charge in [-0.3, -0.25) is 19.5 Å². The van der Waals surface area contributed by atoms with Crippen LogP contribution in [-0.4, -0.2) is 50.9 Å². The van der Waals surface area contributed by atoms with Crippen molar-refractivity contribution in [1.82, 2.24) is 19.4 Å². The van der Waals surface area contributed by atoms with E-state index in [0.29, 0.717) is 24.6 Å². The Labute approximate surface area is 205 Å². The summed E-state index contributed by atoms with van der Waals surface area (Å²) in [6.45, 7) is 4.33. The second-order valence-electron chi connectivity index (χ2n) is 9.05. The Morgan fingerprint density at radius 2 is 1.66 bits per heavy atom. The molecule has 2 aromatic heterocycles. The van der Waals surface area contributed by atoms with Crippen molar-refractivity contribution in [2.24, 2.45) is 5.92 Å². The average Bonchev–Trinajstić information content (AvgIpc) is 3.23. The molecule has 0 aliphatic carbocycles. The molecule has 0 atom stereocenters. The molecule has 5 rings (SSSR count). The molecule has 2 aromatic carbocycles. The van der Waals surface area contributed by atoms with Gasteiger partial charge in [0.2, 0.25) is 5.91 Å². The van der Waals surface area contributed by atoms with Gasteiger partial charge in [-0.2, -0.15) is 0 Å². The number of piperidine rings is 1. The van der Waals surface area contributed by atoms with Gasteiger partial charge in [-0.15, -0.1) is 0 Å². The van der Waals surface area contributed by atoms with Crippen LogP contribution in [0.1, 0.15) is 29.0 Å². The smallest absolute Gasteiger partial charge is 0.258 e. The number of likely N-dealkylation sites (tertiary alicyclic amines) is 1. The Kier molecular flexibility index (Phi) is 6.57. The molecular formula is C28H29N5O2. The molecule has 7 nitrogen and oxygen atoms in total. The summed E-state index contributed by atoms with van der Waals surface area (Å²) in [5.74, 6) is 1.27. The first-order valence-electron chi connectivity index (χ1n) is 12.1. The fourth-order valence-electron chi connectivity index (χ4n) is 4.82. The summed E-state index contributed by atoms with van der Waals surface area (Å²) in [6, 6.07) is 20.5. The molecule has 7 heteroatoms. The number of imidazole rings is 1. The molecule has 0 saturated carbocycles. The third-order valence-electron chi connectivity index (χ3n) is 6.78. The molecule has 3 heterocycles. The van der Waals surface area contributed by atoms with Gasteiger partial charge < -0.3 is 9.47 Å². The lowest BCUT2D eigenvalue weighted by Gasteiger charge is -2.34. The third-order valence-corrected chi connectivity index (χ3v) is 6.78. The number of pyridine rings is 1. The number of anilines is 1. The van der Waals surface area contributed by atoms with Crippen LogP contribution in [0.15, 0.2) is 79.1 Å². The molecule has 0 N–H and O–H groups in total. The normalized spacial score (nSPS) is 14.3. The molecule has 0 unspecified atom stereocenters. The minimum atomic E-state index is -0.169. The zero-order chi connectivity index (χ0) is 24.2. The highest BCUT2D eigenvalue weighted by molar-refractivity contribution is 6.08. The molecule has 1 fully saturated rings. The standard InChI is InChI=1S/C28H29N5O2/c1-21-30-25-18-29-15-12-26(25)32(21)19-22-13-16-31(17-14-22)27(34)20-33(24-10-6-3-7-11-24)28(35)23-8-4-2-5-9-23/h2-12,15,18,22H,13-14,16-17,19-20H2,1H3. The Bertz CT molecular complexity index is 1310. The highest BCUT2D eigenvalue weighted by Gasteiger charge is 2.27. The van der Waals surface area contributed by atoms with Crippen LogP contribution in [0, 0.1) is 12.8 Å². The Morgan fingerprint density at radius 3 is 2.37 bits per heavy atom. The van der Waals surface area contributed by atoms with Crippen molar-refractivity contribution in [2.75, 3.05) is 24.5 Å². The molecule has 1 saturated heterocycles. The van der Waals surface area contributed by atoms with Crippen LogP contribution in [0.3, 0.4) is 0 Å². The minimum Gasteiger partial charge on any atom is -0.341 e. The number of benzene rings is 2. The van der Waals surface area contributed by atoms with Crippen LogP contribution in [-0.2, 0) is 11.3 Å². The van der Waals surface area contributed by atoms with E-state index in [-0.39, 0.29) is 18.4 Å². The number of rotatable bonds is 6. The van der Waals surface area contributed by atoms with Gasteiger partial charge in [-0.1, -0.05) is 36.4 Å². The van der Waals surface area contributed by atoms with Gasteiger partial charge in [0.05, 0.1) is 11.7 Å². The Morgan fingerprint density at radius 1 is 0.971 bits per heavy atom. The van der Waals surface area contributed by atoms with Crippen molar-refractivity contribution in [3.8, 4) is 0 Å². The number of hydrogen-bond acceptors (Lipinski definition) is 4. The zero-order valence-corrected chi connectivity index (χ0v) is 19.9. The van der Waals surface area contributed by atoms with E-state index in [1.807, 2.05) is 66.4 Å². The average molecular weight is 468 g/mol. The summed E-state index contributed by atoms with van der Waals surface area (Å²) in [7, 11) is 0. The predicted octanol–water partition coefficient (Wildman–Crippen LogP) is 4.33. The summed E-state index contributed by atoms with van der Waals surface area (Å²) in [5, 5.41) is 0. The highest BCUT2D eigenvalue weighted by Crippen LogP contribution is 2.24. The number of hydrogen-bond donors (Lipinski definition) is 0. The predicted molar refractivity (Wildman–Crippen MR) is 136 cm³/mol. The van der Waals surface area contributed by atoms with E-state index in [4.69, 9.17) is 0 Å². The minimum absolute atomic E-state index is 0.0214. The summed E-state index contributed by atoms with van der Waals surface area (Å²) in [6.07, 6.45) is 5.45. The number of nitrogens with zero attached hydrogens (tertiary/aromatic N) is 5.